The van der Waals surface area contributed by atoms with Crippen molar-refractivity contribution in [3.8, 4) is 23.0 Å². The lowest BCUT2D eigenvalue weighted by Gasteiger charge is -2.48. The van der Waals surface area contributed by atoms with Crippen molar-refractivity contribution < 1.29 is 68.3 Å². The number of aliphatic hydroxyl groups is 4. The van der Waals surface area contributed by atoms with Crippen molar-refractivity contribution in [3.05, 3.63) is 86.4 Å². The Labute approximate surface area is 319 Å². The number of methoxy groups -OCH3 is 2. The lowest BCUT2D eigenvalue weighted by Crippen LogP contribution is -2.68. The Morgan fingerprint density at radius 2 is 1.76 bits per heavy atom. The summed E-state index contributed by atoms with van der Waals surface area (Å²) in [6.45, 7) is 4.29. The Morgan fingerprint density at radius 1 is 1.02 bits per heavy atom. The number of aliphatic hydroxyl groups excluding tert-OH is 3. The molecule has 16 heteroatoms. The summed E-state index contributed by atoms with van der Waals surface area (Å²) in [5.74, 6) is -2.04. The number of hydrogen-bond donors (Lipinski definition) is 6. The predicted molar refractivity (Wildman–Crippen MR) is 191 cm³/mol. The Balaban J connectivity index is 1.19. The number of rotatable bonds is 6. The third-order valence-electron chi connectivity index (χ3n) is 11.3. The minimum Gasteiger partial charge on any atom is -0.507 e. The second-order valence-electron chi connectivity index (χ2n) is 14.6. The van der Waals surface area contributed by atoms with Gasteiger partial charge >= 0.3 is 5.97 Å². The molecule has 4 aliphatic heterocycles. The molecule has 292 valence electrons. The number of esters is 1. The number of carbonyl (C=O) groups is 2. The molecule has 6 aliphatic rings. The lowest BCUT2D eigenvalue weighted by atomic mass is 9.86. The van der Waals surface area contributed by atoms with Crippen molar-refractivity contribution in [2.24, 2.45) is 0 Å². The van der Waals surface area contributed by atoms with Crippen LogP contribution in [0.3, 0.4) is 0 Å². The molecule has 4 heterocycles. The largest absolute Gasteiger partial charge is 0.507 e. The van der Waals surface area contributed by atoms with Crippen molar-refractivity contribution in [1.82, 2.24) is 5.32 Å². The van der Waals surface area contributed by atoms with E-state index >= 15 is 0 Å². The highest BCUT2D eigenvalue weighted by atomic mass is 35.5. The lowest BCUT2D eigenvalue weighted by molar-refractivity contribution is -0.316. The molecule has 1 amide bonds. The molecule has 2 aliphatic carbocycles. The maximum atomic E-state index is 13.4. The summed E-state index contributed by atoms with van der Waals surface area (Å²) >= 11 is 6.91. The average molecular weight is 782 g/mol. The monoisotopic (exact) mass is 781 g/mol. The van der Waals surface area contributed by atoms with Crippen LogP contribution in [0.25, 0.3) is 5.57 Å². The topological polar surface area (TPSA) is 215 Å². The zero-order valence-electron chi connectivity index (χ0n) is 30.4. The summed E-state index contributed by atoms with van der Waals surface area (Å²) in [7, 11) is 2.69. The molecule has 2 fully saturated rings. The first kappa shape index (κ1) is 37.5. The number of nitrogens with one attached hydrogen (secondary N) is 1. The van der Waals surface area contributed by atoms with E-state index in [0.717, 1.165) is 0 Å². The first-order chi connectivity index (χ1) is 26.1. The SMILES string of the molecule is COc1cc2c(Cl)c(c1OC)OC1c3ccc(cc3C3=CC[C@@H](O)C31O[C@H]1OC[C@H](NC(=O)c3c(C)ccc(C)c3O)[C@](C)(O)[C@@H]1O)[C@@H]1O[C@@H]1OC(=O)[C@H]2O. The molecule has 2 saturated heterocycles. The van der Waals surface area contributed by atoms with E-state index in [1.807, 2.05) is 0 Å². The van der Waals surface area contributed by atoms with Crippen molar-refractivity contribution in [2.45, 2.75) is 87.5 Å². The first-order valence-corrected chi connectivity index (χ1v) is 18.0. The minimum atomic E-state index is -2.06. The second-order valence-corrected chi connectivity index (χ2v) is 14.9. The number of aromatic hydroxyl groups is 1. The highest BCUT2D eigenvalue weighted by Crippen LogP contribution is 2.61. The highest BCUT2D eigenvalue weighted by molar-refractivity contribution is 6.33. The van der Waals surface area contributed by atoms with Gasteiger partial charge in [0, 0.05) is 11.1 Å². The van der Waals surface area contributed by atoms with Gasteiger partial charge in [0.1, 0.15) is 23.6 Å². The fraction of sp³-hybridized carbons (Fsp3) is 0.436. The number of carbonyl (C=O) groups excluding carboxylic acids is 2. The number of benzene rings is 3. The third kappa shape index (κ3) is 5.67. The van der Waals surface area contributed by atoms with Gasteiger partial charge in [-0.25, -0.2) is 4.79 Å². The molecule has 3 aromatic rings. The van der Waals surface area contributed by atoms with Crippen molar-refractivity contribution >= 4 is 29.1 Å². The summed E-state index contributed by atoms with van der Waals surface area (Å²) in [6.07, 6.45) is -7.68. The van der Waals surface area contributed by atoms with Crippen molar-refractivity contribution in [3.63, 3.8) is 0 Å². The molecule has 0 radical (unpaired) electrons. The smallest absolute Gasteiger partial charge is 0.342 e. The third-order valence-corrected chi connectivity index (χ3v) is 11.7. The van der Waals surface area contributed by atoms with Crippen LogP contribution in [0.5, 0.6) is 23.0 Å². The van der Waals surface area contributed by atoms with Crippen molar-refractivity contribution in [2.75, 3.05) is 20.8 Å². The van der Waals surface area contributed by atoms with Crippen LogP contribution in [0.15, 0.2) is 42.5 Å². The summed E-state index contributed by atoms with van der Waals surface area (Å²) in [6, 6.07) is 8.79. The molecule has 2 unspecified atom stereocenters. The number of phenols is 1. The number of epoxide rings is 1. The molecule has 15 nitrogen and oxygen atoms in total. The molecule has 6 N–H and O–H groups in total. The van der Waals surface area contributed by atoms with Crippen molar-refractivity contribution in [1.29, 1.82) is 0 Å². The van der Waals surface area contributed by atoms with E-state index in [-0.39, 0.29) is 52.2 Å². The zero-order chi connectivity index (χ0) is 39.3. The van der Waals surface area contributed by atoms with Gasteiger partial charge in [-0.3, -0.25) is 4.79 Å². The number of phenolic OH excluding ortho intramolecular Hbond substituents is 1. The summed E-state index contributed by atoms with van der Waals surface area (Å²) < 4.78 is 41.8. The van der Waals surface area contributed by atoms with Crippen LogP contribution in [0.4, 0.5) is 0 Å². The fourth-order valence-electron chi connectivity index (χ4n) is 8.01. The number of amides is 1. The van der Waals surface area contributed by atoms with Gasteiger partial charge in [-0.1, -0.05) is 41.9 Å². The van der Waals surface area contributed by atoms with E-state index in [0.29, 0.717) is 33.4 Å². The fourth-order valence-corrected chi connectivity index (χ4v) is 8.30. The van der Waals surface area contributed by atoms with E-state index < -0.39 is 72.2 Å². The predicted octanol–water partition coefficient (Wildman–Crippen LogP) is 2.97. The summed E-state index contributed by atoms with van der Waals surface area (Å²) in [4.78, 5) is 26.5. The van der Waals surface area contributed by atoms with E-state index in [9.17, 15) is 35.1 Å². The number of hydrogen-bond acceptors (Lipinski definition) is 14. The molecular formula is C39H40ClNO14. The standard InChI is InChI=1S/C39H40ClNO14/c1-15-6-7-16(2)27(43)25(15)34(46)41-23-14-51-37(32(45)38(23,3)48)55-39-21(10-11-24(39)42)19-12-17-8-9-18(19)33(39)52-31-26(40)20(13-22(49-4)30(31)50-5)28(44)35(47)54-36-29(17)53-36/h6-10,12-13,23-24,28-29,32-33,36-37,42-45,48H,11,14H2,1-5H3,(H,41,46)/t23-,24+,28-,29-,32+,33?,36+,37+,38-,39?/m0/s1. The quantitative estimate of drug-likeness (QED) is 0.157. The molecule has 0 saturated carbocycles. The Kier molecular flexibility index (Phi) is 9.09. The van der Waals surface area contributed by atoms with Gasteiger partial charge in [-0.2, -0.15) is 0 Å². The molecule has 3 aromatic carbocycles. The summed E-state index contributed by atoms with van der Waals surface area (Å²) in [5, 5.41) is 59.8. The average Bonchev–Trinajstić information content (AvgIpc) is 3.78. The Morgan fingerprint density at radius 3 is 2.49 bits per heavy atom. The maximum absolute atomic E-state index is 13.4. The minimum absolute atomic E-state index is 0.00177. The molecule has 9 rings (SSSR count). The van der Waals surface area contributed by atoms with Gasteiger partial charge in [-0.15, -0.1) is 0 Å². The van der Waals surface area contributed by atoms with Gasteiger partial charge in [0.05, 0.1) is 43.6 Å². The molecular weight excluding hydrogens is 742 g/mol. The van der Waals surface area contributed by atoms with Gasteiger partial charge in [-0.05, 0) is 67.2 Å². The maximum Gasteiger partial charge on any atom is 0.342 e. The van der Waals surface area contributed by atoms with Gasteiger partial charge in [0.15, 0.2) is 35.6 Å². The highest BCUT2D eigenvalue weighted by Gasteiger charge is 2.63. The van der Waals surface area contributed by atoms with Crippen LogP contribution in [0.1, 0.15) is 75.4 Å². The van der Waals surface area contributed by atoms with E-state index in [1.54, 1.807) is 50.3 Å². The van der Waals surface area contributed by atoms with E-state index in [4.69, 9.17) is 44.8 Å². The molecule has 0 spiro atoms. The van der Waals surface area contributed by atoms with E-state index in [1.165, 1.54) is 27.2 Å². The molecule has 55 heavy (non-hydrogen) atoms. The number of ether oxygens (including phenoxy) is 7. The first-order valence-electron chi connectivity index (χ1n) is 17.6. The number of aryl methyl sites for hydroxylation is 2. The molecule has 6 bridgehead atoms. The van der Waals surface area contributed by atoms with Gasteiger partial charge in [0.2, 0.25) is 12.0 Å². The molecule has 0 aromatic heterocycles. The second kappa shape index (κ2) is 13.3. The van der Waals surface area contributed by atoms with Crippen LogP contribution in [-0.4, -0.2) is 100 Å². The van der Waals surface area contributed by atoms with Gasteiger partial charge in [0.25, 0.3) is 5.91 Å². The number of halogens is 1. The van der Waals surface area contributed by atoms with Gasteiger partial charge < -0.3 is 64.0 Å². The van der Waals surface area contributed by atoms with Crippen LogP contribution < -0.4 is 19.5 Å². The summed E-state index contributed by atoms with van der Waals surface area (Å²) in [5.41, 5.74) is -0.791. The van der Waals surface area contributed by atoms with E-state index in [2.05, 4.69) is 5.32 Å². The normalized spacial score (nSPS) is 33.1. The van der Waals surface area contributed by atoms with Crippen LogP contribution in [0, 0.1) is 13.8 Å². The van der Waals surface area contributed by atoms with Crippen LogP contribution in [-0.2, 0) is 23.7 Å². The molecule has 10 atom stereocenters. The van der Waals surface area contributed by atoms with Crippen LogP contribution in [0.2, 0.25) is 5.02 Å². The number of fused-ring (bicyclic) bond motifs is 4. The zero-order valence-corrected chi connectivity index (χ0v) is 31.1. The Hall–Kier alpha value is -4.45. The Bertz CT molecular complexity index is 2140. The van der Waals surface area contributed by atoms with Crippen LogP contribution >= 0.6 is 11.6 Å².